The van der Waals surface area contributed by atoms with Crippen molar-refractivity contribution >= 4 is 5.91 Å². The van der Waals surface area contributed by atoms with Crippen molar-refractivity contribution in [2.75, 3.05) is 33.4 Å². The first-order valence-corrected chi connectivity index (χ1v) is 6.23. The molecule has 0 heterocycles. The summed E-state index contributed by atoms with van der Waals surface area (Å²) in [5, 5.41) is 3.32. The maximum atomic E-state index is 11.8. The second kappa shape index (κ2) is 6.86. The molecule has 1 atom stereocenters. The number of methoxy groups -OCH3 is 1. The van der Waals surface area contributed by atoms with Gasteiger partial charge in [0.25, 0.3) is 0 Å². The zero-order chi connectivity index (χ0) is 12.0. The summed E-state index contributed by atoms with van der Waals surface area (Å²) in [7, 11) is 1.71. The third-order valence-corrected chi connectivity index (χ3v) is 3.17. The van der Waals surface area contributed by atoms with Gasteiger partial charge in [0.15, 0.2) is 0 Å². The average molecular weight is 228 g/mol. The van der Waals surface area contributed by atoms with Gasteiger partial charge in [0.05, 0.1) is 13.2 Å². The van der Waals surface area contributed by atoms with E-state index in [4.69, 9.17) is 4.74 Å². The molecule has 1 unspecified atom stereocenters. The van der Waals surface area contributed by atoms with Gasteiger partial charge in [-0.1, -0.05) is 0 Å². The van der Waals surface area contributed by atoms with Gasteiger partial charge in [0.1, 0.15) is 0 Å². The number of rotatable bonds is 8. The Morgan fingerprint density at radius 2 is 2.06 bits per heavy atom. The normalized spacial score (nSPS) is 17.2. The Hall–Kier alpha value is -0.610. The molecule has 0 radical (unpaired) electrons. The highest BCUT2D eigenvalue weighted by Crippen LogP contribution is 2.32. The van der Waals surface area contributed by atoms with E-state index in [0.717, 1.165) is 13.1 Å². The first-order chi connectivity index (χ1) is 7.72. The van der Waals surface area contributed by atoms with Gasteiger partial charge in [-0.2, -0.15) is 0 Å². The molecule has 0 aliphatic heterocycles. The lowest BCUT2D eigenvalue weighted by Crippen LogP contribution is -2.44. The number of carbonyl (C=O) groups excluding carboxylic acids is 1. The molecule has 4 nitrogen and oxygen atoms in total. The summed E-state index contributed by atoms with van der Waals surface area (Å²) in [6.07, 6.45) is 2.53. The second-order valence-corrected chi connectivity index (χ2v) is 4.35. The van der Waals surface area contributed by atoms with E-state index in [9.17, 15) is 4.79 Å². The molecule has 1 fully saturated rings. The molecule has 0 spiro atoms. The van der Waals surface area contributed by atoms with Crippen LogP contribution in [-0.2, 0) is 9.53 Å². The van der Waals surface area contributed by atoms with Crippen LogP contribution in [0.1, 0.15) is 26.7 Å². The molecule has 0 bridgehead atoms. The van der Waals surface area contributed by atoms with E-state index < -0.39 is 0 Å². The molecule has 1 aliphatic carbocycles. The van der Waals surface area contributed by atoms with Crippen LogP contribution in [-0.4, -0.2) is 50.2 Å². The van der Waals surface area contributed by atoms with E-state index in [-0.39, 0.29) is 5.91 Å². The third-order valence-electron chi connectivity index (χ3n) is 3.17. The van der Waals surface area contributed by atoms with Crippen LogP contribution in [0.3, 0.4) is 0 Å². The van der Waals surface area contributed by atoms with Crippen molar-refractivity contribution in [3.05, 3.63) is 0 Å². The minimum absolute atomic E-state index is 0.187. The average Bonchev–Trinajstić information content (AvgIpc) is 3.09. The van der Waals surface area contributed by atoms with E-state index in [0.29, 0.717) is 25.1 Å². The molecule has 1 saturated carbocycles. The number of hydrogen-bond donors (Lipinski definition) is 1. The van der Waals surface area contributed by atoms with Crippen molar-refractivity contribution in [3.63, 3.8) is 0 Å². The smallest absolute Gasteiger partial charge is 0.236 e. The summed E-state index contributed by atoms with van der Waals surface area (Å²) >= 11 is 0. The summed E-state index contributed by atoms with van der Waals surface area (Å²) in [5.41, 5.74) is 0. The van der Waals surface area contributed by atoms with Gasteiger partial charge < -0.3 is 15.0 Å². The number of nitrogens with one attached hydrogen (secondary N) is 1. The number of nitrogens with zero attached hydrogens (tertiary/aromatic N) is 1. The zero-order valence-corrected chi connectivity index (χ0v) is 10.7. The predicted molar refractivity (Wildman–Crippen MR) is 64.3 cm³/mol. The maximum Gasteiger partial charge on any atom is 0.236 e. The monoisotopic (exact) mass is 228 g/mol. The maximum absolute atomic E-state index is 11.8. The van der Waals surface area contributed by atoms with Gasteiger partial charge in [0, 0.05) is 26.2 Å². The molecule has 94 valence electrons. The van der Waals surface area contributed by atoms with Crippen molar-refractivity contribution in [1.29, 1.82) is 0 Å². The third kappa shape index (κ3) is 4.10. The van der Waals surface area contributed by atoms with Crippen molar-refractivity contribution in [1.82, 2.24) is 10.2 Å². The van der Waals surface area contributed by atoms with Gasteiger partial charge >= 0.3 is 0 Å². The summed E-state index contributed by atoms with van der Waals surface area (Å²) in [5.74, 6) is 0.899. The van der Waals surface area contributed by atoms with Crippen LogP contribution in [0.15, 0.2) is 0 Å². The highest BCUT2D eigenvalue weighted by atomic mass is 16.5. The van der Waals surface area contributed by atoms with Crippen LogP contribution >= 0.6 is 0 Å². The van der Waals surface area contributed by atoms with Crippen molar-refractivity contribution in [2.24, 2.45) is 5.92 Å². The minimum Gasteiger partial charge on any atom is -0.383 e. The Morgan fingerprint density at radius 3 is 2.50 bits per heavy atom. The van der Waals surface area contributed by atoms with Crippen LogP contribution in [0.2, 0.25) is 0 Å². The fourth-order valence-electron chi connectivity index (χ4n) is 1.95. The van der Waals surface area contributed by atoms with E-state index in [1.165, 1.54) is 12.8 Å². The minimum atomic E-state index is 0.187. The van der Waals surface area contributed by atoms with Gasteiger partial charge in [-0.25, -0.2) is 0 Å². The summed E-state index contributed by atoms with van der Waals surface area (Å²) in [4.78, 5) is 13.6. The molecule has 4 heteroatoms. The standard InChI is InChI=1S/C12H24N2O2/c1-4-14(5-2)12(15)8-13-11(9-16-3)10-6-7-10/h10-11,13H,4-9H2,1-3H3. The fourth-order valence-corrected chi connectivity index (χ4v) is 1.95. The molecule has 0 aromatic rings. The molecule has 1 aliphatic rings. The number of likely N-dealkylation sites (N-methyl/N-ethyl adjacent to an activating group) is 1. The number of hydrogen-bond acceptors (Lipinski definition) is 3. The number of carbonyl (C=O) groups is 1. The molecule has 1 N–H and O–H groups in total. The van der Waals surface area contributed by atoms with Crippen LogP contribution in [0, 0.1) is 5.92 Å². The van der Waals surface area contributed by atoms with Gasteiger partial charge in [-0.15, -0.1) is 0 Å². The second-order valence-electron chi connectivity index (χ2n) is 4.35. The molecule has 16 heavy (non-hydrogen) atoms. The number of amides is 1. The Labute approximate surface area is 98.3 Å². The molecular weight excluding hydrogens is 204 g/mol. The predicted octanol–water partition coefficient (Wildman–Crippen LogP) is 0.869. The Bertz CT molecular complexity index is 213. The quantitative estimate of drug-likeness (QED) is 0.670. The molecular formula is C12H24N2O2. The molecule has 1 amide bonds. The molecule has 0 aromatic carbocycles. The summed E-state index contributed by atoms with van der Waals surface area (Å²) < 4.78 is 5.16. The van der Waals surface area contributed by atoms with E-state index in [1.54, 1.807) is 7.11 Å². The van der Waals surface area contributed by atoms with Crippen molar-refractivity contribution in [2.45, 2.75) is 32.7 Å². The van der Waals surface area contributed by atoms with Crippen LogP contribution < -0.4 is 5.32 Å². The Morgan fingerprint density at radius 1 is 1.44 bits per heavy atom. The lowest BCUT2D eigenvalue weighted by Gasteiger charge is -2.22. The largest absolute Gasteiger partial charge is 0.383 e. The zero-order valence-electron chi connectivity index (χ0n) is 10.7. The van der Waals surface area contributed by atoms with Gasteiger partial charge in [-0.3, -0.25) is 4.79 Å². The lowest BCUT2D eigenvalue weighted by molar-refractivity contribution is -0.130. The van der Waals surface area contributed by atoms with Gasteiger partial charge in [-0.05, 0) is 32.6 Å². The van der Waals surface area contributed by atoms with Crippen molar-refractivity contribution < 1.29 is 9.53 Å². The topological polar surface area (TPSA) is 41.6 Å². The lowest BCUT2D eigenvalue weighted by atomic mass is 10.2. The summed E-state index contributed by atoms with van der Waals surface area (Å²) in [6, 6.07) is 0.351. The highest BCUT2D eigenvalue weighted by Gasteiger charge is 2.31. The molecule has 0 aromatic heterocycles. The van der Waals surface area contributed by atoms with E-state index in [1.807, 2.05) is 18.7 Å². The fraction of sp³-hybridized carbons (Fsp3) is 0.917. The summed E-state index contributed by atoms with van der Waals surface area (Å²) in [6.45, 7) is 6.73. The molecule has 0 saturated heterocycles. The van der Waals surface area contributed by atoms with E-state index in [2.05, 4.69) is 5.32 Å². The highest BCUT2D eigenvalue weighted by molar-refractivity contribution is 5.78. The van der Waals surface area contributed by atoms with Crippen molar-refractivity contribution in [3.8, 4) is 0 Å². The SMILES string of the molecule is CCN(CC)C(=O)CNC(COC)C1CC1. The number of ether oxygens (including phenoxy) is 1. The van der Waals surface area contributed by atoms with E-state index >= 15 is 0 Å². The Balaban J connectivity index is 2.27. The first kappa shape index (κ1) is 13.5. The van der Waals surface area contributed by atoms with Crippen LogP contribution in [0.5, 0.6) is 0 Å². The Kier molecular flexibility index (Phi) is 5.77. The van der Waals surface area contributed by atoms with Gasteiger partial charge in [0.2, 0.25) is 5.91 Å². The first-order valence-electron chi connectivity index (χ1n) is 6.23. The van der Waals surface area contributed by atoms with Crippen LogP contribution in [0.4, 0.5) is 0 Å². The van der Waals surface area contributed by atoms with Crippen LogP contribution in [0.25, 0.3) is 0 Å². The molecule has 1 rings (SSSR count).